The molecule has 11 heteroatoms. The average Bonchev–Trinajstić information content (AvgIpc) is 3.64. The predicted molar refractivity (Wildman–Crippen MR) is 120 cm³/mol. The van der Waals surface area contributed by atoms with Crippen LogP contribution in [0.25, 0.3) is 0 Å². The Morgan fingerprint density at radius 3 is 2.52 bits per heavy atom. The van der Waals surface area contributed by atoms with Crippen LogP contribution in [0.4, 0.5) is 5.95 Å². The van der Waals surface area contributed by atoms with Crippen molar-refractivity contribution >= 4 is 27.8 Å². The van der Waals surface area contributed by atoms with E-state index in [0.29, 0.717) is 19.4 Å². The second-order valence-corrected chi connectivity index (χ2v) is 10.3. The molecule has 33 heavy (non-hydrogen) atoms. The molecule has 2 fully saturated rings. The number of sulfonamides is 1. The van der Waals surface area contributed by atoms with Crippen LogP contribution in [-0.2, 0) is 10.0 Å². The van der Waals surface area contributed by atoms with Crippen molar-refractivity contribution in [2.45, 2.75) is 30.2 Å². The monoisotopic (exact) mass is 470 g/mol. The quantitative estimate of drug-likeness (QED) is 0.589. The molecule has 10 nitrogen and oxygen atoms in total. The van der Waals surface area contributed by atoms with Gasteiger partial charge in [-0.1, -0.05) is 0 Å². The number of nitrogens with zero attached hydrogens (tertiary/aromatic N) is 5. The van der Waals surface area contributed by atoms with E-state index in [4.69, 9.17) is 0 Å². The van der Waals surface area contributed by atoms with Crippen LogP contribution >= 0.6 is 0 Å². The maximum Gasteiger partial charge on any atom is 0.269 e. The first kappa shape index (κ1) is 21.8. The Morgan fingerprint density at radius 2 is 1.82 bits per heavy atom. The van der Waals surface area contributed by atoms with E-state index in [1.165, 1.54) is 18.2 Å². The number of nitrogens with one attached hydrogen (secondary N) is 1. The number of amides is 2. The normalized spacial score (nSPS) is 20.1. The summed E-state index contributed by atoms with van der Waals surface area (Å²) >= 11 is 0. The Balaban J connectivity index is 1.10. The van der Waals surface area contributed by atoms with E-state index in [0.717, 1.165) is 49.4 Å². The van der Waals surface area contributed by atoms with Crippen LogP contribution in [0.2, 0.25) is 0 Å². The Labute approximate surface area is 192 Å². The highest BCUT2D eigenvalue weighted by Crippen LogP contribution is 2.39. The van der Waals surface area contributed by atoms with Gasteiger partial charge in [0.05, 0.1) is 5.56 Å². The van der Waals surface area contributed by atoms with Crippen molar-refractivity contribution in [1.29, 1.82) is 0 Å². The van der Waals surface area contributed by atoms with Crippen molar-refractivity contribution in [2.24, 2.45) is 0 Å². The highest BCUT2D eigenvalue weighted by Gasteiger charge is 2.48. The lowest BCUT2D eigenvalue weighted by Gasteiger charge is -2.34. The highest BCUT2D eigenvalue weighted by molar-refractivity contribution is 7.90. The SMILES string of the molecule is O=C(NCCCN1CCN(c2ncccn2)CC1)c1ccc2c(c1)S(=O)(=O)N(C1CC1)C2=O. The molecule has 2 aliphatic heterocycles. The van der Waals surface area contributed by atoms with Gasteiger partial charge in [0.15, 0.2) is 0 Å². The van der Waals surface area contributed by atoms with Crippen LogP contribution < -0.4 is 10.2 Å². The van der Waals surface area contributed by atoms with E-state index in [2.05, 4.69) is 25.1 Å². The smallest absolute Gasteiger partial charge is 0.269 e. The van der Waals surface area contributed by atoms with E-state index in [1.54, 1.807) is 18.5 Å². The molecule has 5 rings (SSSR count). The molecule has 174 valence electrons. The average molecular weight is 471 g/mol. The third kappa shape index (κ3) is 4.30. The number of hydrogen-bond donors (Lipinski definition) is 1. The van der Waals surface area contributed by atoms with Crippen molar-refractivity contribution in [2.75, 3.05) is 44.2 Å². The fourth-order valence-electron chi connectivity index (χ4n) is 4.29. The van der Waals surface area contributed by atoms with Crippen LogP contribution in [0.3, 0.4) is 0 Å². The zero-order chi connectivity index (χ0) is 23.0. The zero-order valence-electron chi connectivity index (χ0n) is 18.2. The van der Waals surface area contributed by atoms with Crippen LogP contribution in [0.5, 0.6) is 0 Å². The number of carbonyl (C=O) groups is 2. The number of hydrogen-bond acceptors (Lipinski definition) is 8. The topological polar surface area (TPSA) is 116 Å². The first-order chi connectivity index (χ1) is 15.9. The largest absolute Gasteiger partial charge is 0.352 e. The summed E-state index contributed by atoms with van der Waals surface area (Å²) in [5.41, 5.74) is 0.401. The van der Waals surface area contributed by atoms with Crippen LogP contribution in [0.15, 0.2) is 41.6 Å². The molecular weight excluding hydrogens is 444 g/mol. The van der Waals surface area contributed by atoms with Gasteiger partial charge in [0.25, 0.3) is 21.8 Å². The first-order valence-electron chi connectivity index (χ1n) is 11.2. The third-order valence-corrected chi connectivity index (χ3v) is 8.11. The lowest BCUT2D eigenvalue weighted by Crippen LogP contribution is -2.47. The second-order valence-electron chi connectivity index (χ2n) is 8.54. The Kier molecular flexibility index (Phi) is 5.75. The molecule has 1 aromatic heterocycles. The van der Waals surface area contributed by atoms with Gasteiger partial charge in [-0.3, -0.25) is 14.5 Å². The molecule has 1 aromatic carbocycles. The molecule has 3 aliphatic rings. The van der Waals surface area contributed by atoms with E-state index in [-0.39, 0.29) is 28.0 Å². The van der Waals surface area contributed by atoms with Gasteiger partial charge in [-0.15, -0.1) is 0 Å². The van der Waals surface area contributed by atoms with Gasteiger partial charge < -0.3 is 10.2 Å². The number of fused-ring (bicyclic) bond motifs is 1. The Bertz CT molecular complexity index is 1160. The molecule has 1 N–H and O–H groups in total. The number of anilines is 1. The summed E-state index contributed by atoms with van der Waals surface area (Å²) in [7, 11) is -3.87. The molecule has 0 bridgehead atoms. The molecule has 2 amide bonds. The number of piperazine rings is 1. The summed E-state index contributed by atoms with van der Waals surface area (Å²) in [4.78, 5) is 38.1. The summed E-state index contributed by atoms with van der Waals surface area (Å²) in [6, 6.07) is 5.85. The molecule has 1 saturated carbocycles. The van der Waals surface area contributed by atoms with Crippen LogP contribution in [-0.4, -0.2) is 84.7 Å². The highest BCUT2D eigenvalue weighted by atomic mass is 32.2. The van der Waals surface area contributed by atoms with Gasteiger partial charge in [0.1, 0.15) is 4.90 Å². The minimum absolute atomic E-state index is 0.0627. The molecule has 0 spiro atoms. The van der Waals surface area contributed by atoms with Gasteiger partial charge in [-0.2, -0.15) is 0 Å². The third-order valence-electron chi connectivity index (χ3n) is 6.23. The fraction of sp³-hybridized carbons (Fsp3) is 0.455. The van der Waals surface area contributed by atoms with E-state index in [9.17, 15) is 18.0 Å². The van der Waals surface area contributed by atoms with Gasteiger partial charge >= 0.3 is 0 Å². The second kappa shape index (κ2) is 8.71. The maximum atomic E-state index is 12.8. The minimum Gasteiger partial charge on any atom is -0.352 e. The summed E-state index contributed by atoms with van der Waals surface area (Å²) < 4.78 is 26.5. The molecule has 3 heterocycles. The summed E-state index contributed by atoms with van der Waals surface area (Å²) in [6.45, 7) is 4.86. The van der Waals surface area contributed by atoms with Crippen molar-refractivity contribution in [3.05, 3.63) is 47.8 Å². The molecule has 0 atom stereocenters. The summed E-state index contributed by atoms with van der Waals surface area (Å²) in [6.07, 6.45) is 5.66. The van der Waals surface area contributed by atoms with Crippen molar-refractivity contribution in [3.8, 4) is 0 Å². The minimum atomic E-state index is -3.87. The number of rotatable bonds is 7. The number of benzene rings is 1. The standard InChI is InChI=1S/C22H26N6O4S/c29-20(16-3-6-18-19(15-16)33(31,32)28(21(18)30)17-4-5-17)23-9-2-10-26-11-13-27(14-12-26)22-24-7-1-8-25-22/h1,3,6-8,15,17H,2,4-5,9-14H2,(H,23,29). The van der Waals surface area contributed by atoms with Crippen LogP contribution in [0.1, 0.15) is 40.0 Å². The first-order valence-corrected chi connectivity index (χ1v) is 12.6. The Morgan fingerprint density at radius 1 is 1.09 bits per heavy atom. The van der Waals surface area contributed by atoms with Gasteiger partial charge in [0, 0.05) is 56.7 Å². The molecule has 1 saturated heterocycles. The number of carbonyl (C=O) groups excluding carboxylic acids is 2. The fourth-order valence-corrected chi connectivity index (χ4v) is 6.13. The van der Waals surface area contributed by atoms with Crippen LogP contribution in [0, 0.1) is 0 Å². The summed E-state index contributed by atoms with van der Waals surface area (Å²) in [5.74, 6) is -0.0718. The van der Waals surface area contributed by atoms with Gasteiger partial charge in [0.2, 0.25) is 5.95 Å². The molecule has 0 radical (unpaired) electrons. The number of aromatic nitrogens is 2. The lowest BCUT2D eigenvalue weighted by atomic mass is 10.1. The van der Waals surface area contributed by atoms with Crippen molar-refractivity contribution < 1.29 is 18.0 Å². The van der Waals surface area contributed by atoms with Gasteiger partial charge in [-0.05, 0) is 50.1 Å². The van der Waals surface area contributed by atoms with Crippen molar-refractivity contribution in [3.63, 3.8) is 0 Å². The molecular formula is C22H26N6O4S. The maximum absolute atomic E-state index is 12.8. The van der Waals surface area contributed by atoms with E-state index >= 15 is 0 Å². The molecule has 1 aliphatic carbocycles. The summed E-state index contributed by atoms with van der Waals surface area (Å²) in [5, 5.41) is 2.86. The Hall–Kier alpha value is -3.05. The zero-order valence-corrected chi connectivity index (χ0v) is 19.0. The lowest BCUT2D eigenvalue weighted by molar-refractivity contribution is 0.0863. The van der Waals surface area contributed by atoms with Crippen molar-refractivity contribution in [1.82, 2.24) is 24.5 Å². The van der Waals surface area contributed by atoms with E-state index < -0.39 is 15.9 Å². The van der Waals surface area contributed by atoms with Gasteiger partial charge in [-0.25, -0.2) is 22.7 Å². The van der Waals surface area contributed by atoms with E-state index in [1.807, 2.05) is 0 Å². The predicted octanol–water partition coefficient (Wildman–Crippen LogP) is 0.726. The molecule has 0 unspecified atom stereocenters. The molecule has 2 aromatic rings.